The predicted octanol–water partition coefficient (Wildman–Crippen LogP) is 8.71. The van der Waals surface area contributed by atoms with Crippen LogP contribution in [0, 0.1) is 25.7 Å². The normalized spacial score (nSPS) is 15.3. The van der Waals surface area contributed by atoms with Gasteiger partial charge in [-0.2, -0.15) is 31.4 Å². The molecular formula is C37H43F6N7O2. The van der Waals surface area contributed by atoms with E-state index in [0.717, 1.165) is 73.1 Å². The van der Waals surface area contributed by atoms with Gasteiger partial charge in [-0.3, -0.25) is 5.10 Å². The zero-order chi connectivity index (χ0) is 37.7. The van der Waals surface area contributed by atoms with Crippen LogP contribution in [0.5, 0.6) is 0 Å². The summed E-state index contributed by atoms with van der Waals surface area (Å²) in [4.78, 5) is 30.6. The molecule has 1 aromatic carbocycles. The highest BCUT2D eigenvalue weighted by Crippen LogP contribution is 2.43. The van der Waals surface area contributed by atoms with Crippen LogP contribution < -0.4 is 9.80 Å². The van der Waals surface area contributed by atoms with E-state index in [2.05, 4.69) is 45.8 Å². The Labute approximate surface area is 298 Å². The Kier molecular flexibility index (Phi) is 9.94. The van der Waals surface area contributed by atoms with E-state index in [4.69, 9.17) is 9.72 Å². The molecule has 4 aromatic rings. The molecule has 3 heterocycles. The summed E-state index contributed by atoms with van der Waals surface area (Å²) in [5.74, 6) is 1.02. The molecule has 0 radical (unpaired) electrons. The fraction of sp³-hybridized carbons (Fsp3) is 0.541. The fourth-order valence-electron chi connectivity index (χ4n) is 6.67. The van der Waals surface area contributed by atoms with Gasteiger partial charge in [0.25, 0.3) is 0 Å². The number of nitrogens with zero attached hydrogens (tertiary/aromatic N) is 6. The van der Waals surface area contributed by atoms with Gasteiger partial charge in [0.2, 0.25) is 5.95 Å². The van der Waals surface area contributed by atoms with E-state index in [1.165, 1.54) is 6.20 Å². The van der Waals surface area contributed by atoms with Crippen molar-refractivity contribution in [2.45, 2.75) is 98.1 Å². The van der Waals surface area contributed by atoms with Crippen molar-refractivity contribution in [2.24, 2.45) is 11.8 Å². The van der Waals surface area contributed by atoms with Crippen molar-refractivity contribution in [1.82, 2.24) is 25.1 Å². The first kappa shape index (κ1) is 37.3. The average molecular weight is 732 g/mol. The number of esters is 1. The molecule has 0 saturated heterocycles. The number of H-pyrrole nitrogens is 1. The molecule has 3 aromatic heterocycles. The topological polar surface area (TPSA) is 100 Å². The van der Waals surface area contributed by atoms with E-state index in [1.807, 2.05) is 6.92 Å². The van der Waals surface area contributed by atoms with Crippen molar-refractivity contribution in [2.75, 3.05) is 29.5 Å². The summed E-state index contributed by atoms with van der Waals surface area (Å²) in [6.07, 6.45) is -4.41. The van der Waals surface area contributed by atoms with Gasteiger partial charge in [0.15, 0.2) is 5.65 Å². The highest BCUT2D eigenvalue weighted by Gasteiger charge is 2.38. The Bertz CT molecular complexity index is 1910. The predicted molar refractivity (Wildman–Crippen MR) is 184 cm³/mol. The summed E-state index contributed by atoms with van der Waals surface area (Å²) in [5, 5.41) is 8.40. The minimum Gasteiger partial charge on any atom is -0.462 e. The van der Waals surface area contributed by atoms with Crippen LogP contribution in [0.15, 0.2) is 24.4 Å². The lowest BCUT2D eigenvalue weighted by atomic mass is 9.81. The summed E-state index contributed by atoms with van der Waals surface area (Å²) >= 11 is 0. The number of alkyl halides is 6. The van der Waals surface area contributed by atoms with Gasteiger partial charge in [-0.1, -0.05) is 20.8 Å². The van der Waals surface area contributed by atoms with Gasteiger partial charge in [-0.15, -0.1) is 0 Å². The fourth-order valence-corrected chi connectivity index (χ4v) is 6.67. The first-order valence-electron chi connectivity index (χ1n) is 17.5. The van der Waals surface area contributed by atoms with E-state index in [9.17, 15) is 31.1 Å². The number of carbonyl (C=O) groups is 1. The van der Waals surface area contributed by atoms with Crippen LogP contribution in [0.2, 0.25) is 0 Å². The molecule has 2 saturated carbocycles. The summed E-state index contributed by atoms with van der Waals surface area (Å²) in [6.45, 7) is 12.5. The lowest BCUT2D eigenvalue weighted by Gasteiger charge is -2.34. The number of hydrogen-bond donors (Lipinski definition) is 1. The van der Waals surface area contributed by atoms with Crippen LogP contribution in [0.1, 0.15) is 103 Å². The molecule has 2 aliphatic carbocycles. The monoisotopic (exact) mass is 731 g/mol. The van der Waals surface area contributed by atoms with E-state index in [-0.39, 0.29) is 42.0 Å². The van der Waals surface area contributed by atoms with Gasteiger partial charge in [0, 0.05) is 42.5 Å². The second-order valence-corrected chi connectivity index (χ2v) is 15.0. The molecule has 1 N–H and O–H groups in total. The Hall–Kier alpha value is -4.43. The van der Waals surface area contributed by atoms with Crippen molar-refractivity contribution < 1.29 is 35.9 Å². The third-order valence-electron chi connectivity index (χ3n) is 9.48. The standard InChI is InChI=1S/C37H43F6N7O2/c1-7-52-33(51)27-15-44-34(45-20(27)2)50(18-24-12-25(36(38,39)40)14-26(13-24)37(41,42)43)19-28-30(35(4,5)6)29-21(3)47-48-31(29)46-32(28)49(16-22-8-9-22)17-23-10-11-23/h12-15,22-23H,7-11,16-19H2,1-6H3,(H,46,47,48). The highest BCUT2D eigenvalue weighted by molar-refractivity contribution is 5.90. The van der Waals surface area contributed by atoms with Crippen LogP contribution >= 0.6 is 0 Å². The van der Waals surface area contributed by atoms with Gasteiger partial charge in [0.1, 0.15) is 5.82 Å². The minimum absolute atomic E-state index is 0.0160. The lowest BCUT2D eigenvalue weighted by molar-refractivity contribution is -0.143. The number of aromatic nitrogens is 5. The molecule has 0 spiro atoms. The van der Waals surface area contributed by atoms with E-state index < -0.39 is 41.4 Å². The number of nitrogens with one attached hydrogen (secondary N) is 1. The van der Waals surface area contributed by atoms with Crippen molar-refractivity contribution in [3.8, 4) is 0 Å². The molecule has 9 nitrogen and oxygen atoms in total. The number of benzene rings is 1. The van der Waals surface area contributed by atoms with E-state index >= 15 is 0 Å². The third-order valence-corrected chi connectivity index (χ3v) is 9.48. The minimum atomic E-state index is -5.03. The average Bonchev–Trinajstić information content (AvgIpc) is 3.99. The smallest absolute Gasteiger partial charge is 0.416 e. The molecule has 6 rings (SSSR count). The number of pyridine rings is 1. The molecule has 0 bridgehead atoms. The third kappa shape index (κ3) is 8.28. The number of fused-ring (bicyclic) bond motifs is 1. The van der Waals surface area contributed by atoms with Crippen LogP contribution in [-0.4, -0.2) is 50.8 Å². The summed E-state index contributed by atoms with van der Waals surface area (Å²) in [6, 6.07) is 1.56. The molecular weight excluding hydrogens is 688 g/mol. The maximum Gasteiger partial charge on any atom is 0.416 e. The van der Waals surface area contributed by atoms with Gasteiger partial charge in [0.05, 0.1) is 35.5 Å². The van der Waals surface area contributed by atoms with Crippen molar-refractivity contribution >= 4 is 28.8 Å². The Morgan fingerprint density at radius 3 is 1.98 bits per heavy atom. The zero-order valence-corrected chi connectivity index (χ0v) is 30.1. The number of hydrogen-bond acceptors (Lipinski definition) is 8. The molecule has 0 atom stereocenters. The van der Waals surface area contributed by atoms with Crippen molar-refractivity contribution in [3.63, 3.8) is 0 Å². The second-order valence-electron chi connectivity index (χ2n) is 15.0. The van der Waals surface area contributed by atoms with Crippen LogP contribution in [-0.2, 0) is 35.6 Å². The SMILES string of the molecule is CCOC(=O)c1cnc(N(Cc2cc(C(F)(F)F)cc(C(F)(F)F)c2)Cc2c(N(CC3CC3)CC3CC3)nc3n[nH]c(C)c3c2C(C)(C)C)nc1C. The van der Waals surface area contributed by atoms with E-state index in [0.29, 0.717) is 23.3 Å². The van der Waals surface area contributed by atoms with Gasteiger partial charge in [-0.05, 0) is 93.0 Å². The van der Waals surface area contributed by atoms with E-state index in [1.54, 1.807) is 18.7 Å². The molecule has 2 aliphatic rings. The number of ether oxygens (including phenoxy) is 1. The van der Waals surface area contributed by atoms with Crippen LogP contribution in [0.3, 0.4) is 0 Å². The van der Waals surface area contributed by atoms with Crippen molar-refractivity contribution in [1.29, 1.82) is 0 Å². The van der Waals surface area contributed by atoms with Gasteiger partial charge < -0.3 is 14.5 Å². The van der Waals surface area contributed by atoms with Crippen LogP contribution in [0.4, 0.5) is 38.1 Å². The largest absolute Gasteiger partial charge is 0.462 e. The van der Waals surface area contributed by atoms with Gasteiger partial charge >= 0.3 is 18.3 Å². The molecule has 52 heavy (non-hydrogen) atoms. The molecule has 280 valence electrons. The number of aryl methyl sites for hydroxylation is 2. The maximum atomic E-state index is 14.0. The quantitative estimate of drug-likeness (QED) is 0.114. The molecule has 15 heteroatoms. The molecule has 0 aliphatic heterocycles. The number of halogens is 6. The number of aromatic amines is 1. The molecule has 0 amide bonds. The Balaban J connectivity index is 1.56. The first-order chi connectivity index (χ1) is 24.3. The lowest BCUT2D eigenvalue weighted by Crippen LogP contribution is -2.34. The maximum absolute atomic E-state index is 14.0. The highest BCUT2D eigenvalue weighted by atomic mass is 19.4. The molecule has 0 unspecified atom stereocenters. The Morgan fingerprint density at radius 1 is 0.885 bits per heavy atom. The first-order valence-corrected chi connectivity index (χ1v) is 17.5. The van der Waals surface area contributed by atoms with Gasteiger partial charge in [-0.25, -0.2) is 19.7 Å². The summed E-state index contributed by atoms with van der Waals surface area (Å²) in [5.41, 5.74) is -0.265. The summed E-state index contributed by atoms with van der Waals surface area (Å²) < 4.78 is 89.2. The Morgan fingerprint density at radius 2 is 1.48 bits per heavy atom. The molecule has 2 fully saturated rings. The number of carbonyl (C=O) groups excluding carboxylic acids is 1. The number of rotatable bonds is 12. The summed E-state index contributed by atoms with van der Waals surface area (Å²) in [7, 11) is 0. The van der Waals surface area contributed by atoms with Crippen LogP contribution in [0.25, 0.3) is 11.0 Å². The number of anilines is 2. The zero-order valence-electron chi connectivity index (χ0n) is 30.1. The second kappa shape index (κ2) is 13.8. The van der Waals surface area contributed by atoms with Crippen molar-refractivity contribution in [3.05, 3.63) is 69.2 Å².